The molecule has 0 spiro atoms. The number of nitrogens with zero attached hydrogens (tertiary/aromatic N) is 2. The Bertz CT molecular complexity index is 802. The Balaban J connectivity index is 1.56. The lowest BCUT2D eigenvalue weighted by atomic mass is 9.96. The highest BCUT2D eigenvalue weighted by Crippen LogP contribution is 2.27. The zero-order valence-corrected chi connectivity index (χ0v) is 15.0. The van der Waals surface area contributed by atoms with Gasteiger partial charge in [0, 0.05) is 31.3 Å². The maximum absolute atomic E-state index is 12.5. The van der Waals surface area contributed by atoms with E-state index in [1.807, 2.05) is 35.2 Å². The predicted molar refractivity (Wildman–Crippen MR) is 103 cm³/mol. The van der Waals surface area contributed by atoms with Crippen molar-refractivity contribution in [3.05, 3.63) is 69.8 Å². The fraction of sp³-hybridized carbons (Fsp3) is 0.350. The quantitative estimate of drug-likeness (QED) is 0.603. The van der Waals surface area contributed by atoms with Crippen LogP contribution in [0.5, 0.6) is 0 Å². The lowest BCUT2D eigenvalue weighted by Crippen LogP contribution is -2.39. The first-order chi connectivity index (χ1) is 13.1. The molecule has 0 aromatic heterocycles. The highest BCUT2D eigenvalue weighted by molar-refractivity contribution is 5.94. The van der Waals surface area contributed by atoms with Crippen molar-refractivity contribution in [2.75, 3.05) is 25.0 Å². The number of anilines is 1. The van der Waals surface area contributed by atoms with E-state index < -0.39 is 4.92 Å². The second kappa shape index (κ2) is 8.64. The highest BCUT2D eigenvalue weighted by Gasteiger charge is 2.24. The Morgan fingerprint density at radius 1 is 1.19 bits per heavy atom. The van der Waals surface area contributed by atoms with Gasteiger partial charge in [-0.1, -0.05) is 18.2 Å². The van der Waals surface area contributed by atoms with Crippen LogP contribution in [0, 0.1) is 16.0 Å². The maximum atomic E-state index is 12.5. The van der Waals surface area contributed by atoms with Crippen LogP contribution in [-0.2, 0) is 6.61 Å². The van der Waals surface area contributed by atoms with Crippen LogP contribution in [0.3, 0.4) is 0 Å². The number of carbonyl (C=O) groups is 1. The van der Waals surface area contributed by atoms with Gasteiger partial charge in [0.1, 0.15) is 5.69 Å². The Kier molecular flexibility index (Phi) is 6.03. The number of carbonyl (C=O) groups excluding carboxylic acids is 1. The van der Waals surface area contributed by atoms with Gasteiger partial charge in [0.2, 0.25) is 0 Å². The molecule has 0 saturated carbocycles. The number of benzene rings is 2. The van der Waals surface area contributed by atoms with Crippen LogP contribution in [0.25, 0.3) is 0 Å². The van der Waals surface area contributed by atoms with Gasteiger partial charge in [0.05, 0.1) is 11.5 Å². The first-order valence-electron chi connectivity index (χ1n) is 9.05. The van der Waals surface area contributed by atoms with Gasteiger partial charge in [-0.2, -0.15) is 0 Å². The molecule has 1 amide bonds. The van der Waals surface area contributed by atoms with Crippen molar-refractivity contribution in [2.45, 2.75) is 19.4 Å². The van der Waals surface area contributed by atoms with Gasteiger partial charge in [-0.3, -0.25) is 14.9 Å². The number of aliphatic hydroxyl groups excluding tert-OH is 1. The predicted octanol–water partition coefficient (Wildman–Crippen LogP) is 3.05. The number of amides is 1. The number of hydrogen-bond donors (Lipinski definition) is 2. The molecule has 7 nitrogen and oxygen atoms in total. The lowest BCUT2D eigenvalue weighted by molar-refractivity contribution is -0.384. The first kappa shape index (κ1) is 18.8. The minimum Gasteiger partial charge on any atom is -0.392 e. The molecule has 1 fully saturated rings. The normalized spacial score (nSPS) is 14.8. The third kappa shape index (κ3) is 4.62. The summed E-state index contributed by atoms with van der Waals surface area (Å²) in [5.74, 6) is 0.385. The number of aliphatic hydroxyl groups is 1. The molecule has 2 aromatic rings. The SMILES string of the molecule is O=C(c1ccccc1)N1CCC(CNc2cc(CO)ccc2[N+](=O)[O-])CC1. The fourth-order valence-corrected chi connectivity index (χ4v) is 3.34. The molecule has 142 valence electrons. The lowest BCUT2D eigenvalue weighted by Gasteiger charge is -2.32. The minimum atomic E-state index is -0.426. The average Bonchev–Trinajstić information content (AvgIpc) is 2.72. The molecule has 0 aliphatic carbocycles. The second-order valence-corrected chi connectivity index (χ2v) is 6.75. The van der Waals surface area contributed by atoms with E-state index in [1.165, 1.54) is 6.07 Å². The van der Waals surface area contributed by atoms with Crippen molar-refractivity contribution in [1.29, 1.82) is 0 Å². The molecule has 0 atom stereocenters. The molecular formula is C20H23N3O4. The van der Waals surface area contributed by atoms with Gasteiger partial charge in [0.25, 0.3) is 11.6 Å². The van der Waals surface area contributed by atoms with Gasteiger partial charge in [0.15, 0.2) is 0 Å². The first-order valence-corrected chi connectivity index (χ1v) is 9.05. The van der Waals surface area contributed by atoms with Crippen LogP contribution < -0.4 is 5.32 Å². The van der Waals surface area contributed by atoms with E-state index in [9.17, 15) is 20.0 Å². The summed E-state index contributed by atoms with van der Waals surface area (Å²) in [5, 5.41) is 23.6. The molecule has 2 N–H and O–H groups in total. The molecule has 1 heterocycles. The van der Waals surface area contributed by atoms with E-state index in [-0.39, 0.29) is 18.2 Å². The van der Waals surface area contributed by atoms with Crippen LogP contribution in [0.2, 0.25) is 0 Å². The van der Waals surface area contributed by atoms with Crippen molar-refractivity contribution >= 4 is 17.3 Å². The summed E-state index contributed by atoms with van der Waals surface area (Å²) in [6.07, 6.45) is 1.69. The molecule has 0 unspecified atom stereocenters. The Morgan fingerprint density at radius 3 is 2.52 bits per heavy atom. The summed E-state index contributed by atoms with van der Waals surface area (Å²) in [6.45, 7) is 1.80. The number of nitro groups is 1. The zero-order chi connectivity index (χ0) is 19.2. The molecule has 1 aliphatic rings. The average molecular weight is 369 g/mol. The molecular weight excluding hydrogens is 346 g/mol. The number of hydrogen-bond acceptors (Lipinski definition) is 5. The second-order valence-electron chi connectivity index (χ2n) is 6.75. The third-order valence-electron chi connectivity index (χ3n) is 4.94. The van der Waals surface area contributed by atoms with E-state index in [2.05, 4.69) is 5.32 Å². The number of piperidine rings is 1. The van der Waals surface area contributed by atoms with E-state index >= 15 is 0 Å². The number of likely N-dealkylation sites (tertiary alicyclic amines) is 1. The van der Waals surface area contributed by atoms with Crippen molar-refractivity contribution in [1.82, 2.24) is 4.90 Å². The van der Waals surface area contributed by atoms with Crippen LogP contribution in [0.1, 0.15) is 28.8 Å². The van der Waals surface area contributed by atoms with Gasteiger partial charge in [-0.05, 0) is 48.6 Å². The highest BCUT2D eigenvalue weighted by atomic mass is 16.6. The van der Waals surface area contributed by atoms with Crippen molar-refractivity contribution in [3.8, 4) is 0 Å². The maximum Gasteiger partial charge on any atom is 0.292 e. The summed E-state index contributed by atoms with van der Waals surface area (Å²) < 4.78 is 0. The molecule has 1 aliphatic heterocycles. The molecule has 0 bridgehead atoms. The van der Waals surface area contributed by atoms with Gasteiger partial charge in [-0.15, -0.1) is 0 Å². The van der Waals surface area contributed by atoms with E-state index in [0.717, 1.165) is 12.8 Å². The third-order valence-corrected chi connectivity index (χ3v) is 4.94. The van der Waals surface area contributed by atoms with Crippen LogP contribution >= 0.6 is 0 Å². The number of nitro benzene ring substituents is 1. The minimum absolute atomic E-state index is 0.00360. The van der Waals surface area contributed by atoms with E-state index in [1.54, 1.807) is 12.1 Å². The summed E-state index contributed by atoms with van der Waals surface area (Å²) in [5.41, 5.74) is 1.76. The fourth-order valence-electron chi connectivity index (χ4n) is 3.34. The Hall–Kier alpha value is -2.93. The van der Waals surface area contributed by atoms with Gasteiger partial charge >= 0.3 is 0 Å². The smallest absolute Gasteiger partial charge is 0.292 e. The molecule has 1 saturated heterocycles. The van der Waals surface area contributed by atoms with Crippen LogP contribution in [-0.4, -0.2) is 40.5 Å². The Morgan fingerprint density at radius 2 is 1.89 bits per heavy atom. The topological polar surface area (TPSA) is 95.7 Å². The van der Waals surface area contributed by atoms with Gasteiger partial charge < -0.3 is 15.3 Å². The molecule has 0 radical (unpaired) electrons. The summed E-state index contributed by atoms with van der Waals surface area (Å²) in [7, 11) is 0. The molecule has 7 heteroatoms. The molecule has 2 aromatic carbocycles. The monoisotopic (exact) mass is 369 g/mol. The Labute approximate surface area is 157 Å². The van der Waals surface area contributed by atoms with Crippen molar-refractivity contribution in [2.24, 2.45) is 5.92 Å². The summed E-state index contributed by atoms with van der Waals surface area (Å²) in [4.78, 5) is 25.1. The molecule has 3 rings (SSSR count). The van der Waals surface area contributed by atoms with E-state index in [4.69, 9.17) is 0 Å². The summed E-state index contributed by atoms with van der Waals surface area (Å²) >= 11 is 0. The van der Waals surface area contributed by atoms with E-state index in [0.29, 0.717) is 42.4 Å². The summed E-state index contributed by atoms with van der Waals surface area (Å²) in [6, 6.07) is 13.8. The largest absolute Gasteiger partial charge is 0.392 e. The zero-order valence-electron chi connectivity index (χ0n) is 15.0. The molecule has 27 heavy (non-hydrogen) atoms. The number of rotatable bonds is 6. The number of nitrogens with one attached hydrogen (secondary N) is 1. The van der Waals surface area contributed by atoms with Crippen LogP contribution in [0.4, 0.5) is 11.4 Å². The van der Waals surface area contributed by atoms with Crippen LogP contribution in [0.15, 0.2) is 48.5 Å². The standard InChI is InChI=1S/C20H23N3O4/c24-14-16-6-7-19(23(26)27)18(12-16)21-13-15-8-10-22(11-9-15)20(25)17-4-2-1-3-5-17/h1-7,12,15,21,24H,8-11,13-14H2. The van der Waals surface area contributed by atoms with Crippen molar-refractivity contribution in [3.63, 3.8) is 0 Å². The van der Waals surface area contributed by atoms with Crippen molar-refractivity contribution < 1.29 is 14.8 Å². The van der Waals surface area contributed by atoms with Gasteiger partial charge in [-0.25, -0.2) is 0 Å².